The molecule has 2 fully saturated rings. The molecular formula is C24H28O6. The third-order valence-electron chi connectivity index (χ3n) is 6.87. The summed E-state index contributed by atoms with van der Waals surface area (Å²) in [4.78, 5) is 39.9. The summed E-state index contributed by atoms with van der Waals surface area (Å²) in [6.45, 7) is 3.72. The number of ether oxygens (including phenoxy) is 3. The molecule has 1 saturated heterocycles. The molecule has 3 aliphatic rings. The normalized spacial score (nSPS) is 30.5. The number of Topliss-reactive ketones (excluding diaryl/α,β-unsaturated/α-hetero) is 1. The second kappa shape index (κ2) is 7.99. The fraction of sp³-hybridized carbons (Fsp3) is 0.542. The van der Waals surface area contributed by atoms with E-state index in [1.165, 1.54) is 0 Å². The maximum absolute atomic E-state index is 13.3. The highest BCUT2D eigenvalue weighted by Gasteiger charge is 2.69. The largest absolute Gasteiger partial charge is 0.465 e. The summed E-state index contributed by atoms with van der Waals surface area (Å²) in [5, 5.41) is 0. The van der Waals surface area contributed by atoms with Crippen LogP contribution in [-0.4, -0.2) is 42.6 Å². The van der Waals surface area contributed by atoms with E-state index in [-0.39, 0.29) is 37.4 Å². The van der Waals surface area contributed by atoms with Crippen LogP contribution in [0.25, 0.3) is 0 Å². The van der Waals surface area contributed by atoms with E-state index in [0.717, 1.165) is 6.42 Å². The second-order valence-corrected chi connectivity index (χ2v) is 8.30. The van der Waals surface area contributed by atoms with Crippen molar-refractivity contribution in [2.24, 2.45) is 17.3 Å². The van der Waals surface area contributed by atoms with Gasteiger partial charge in [-0.2, -0.15) is 0 Å². The standard InChI is InChI=1S/C24H28O6/c1-3-28-21(26)23(22(27)29-4-2)12-10-17-14-18-11-13-24(17,30-18)20(23)15-19(25)16-8-6-5-7-9-16/h5-9,11,13,17-18,20H,3-4,10,12,14-15H2,1-2H3/t17-,18-,20-,24+/m1/s1. The van der Waals surface area contributed by atoms with Crippen molar-refractivity contribution >= 4 is 17.7 Å². The highest BCUT2D eigenvalue weighted by atomic mass is 16.6. The van der Waals surface area contributed by atoms with E-state index in [9.17, 15) is 14.4 Å². The van der Waals surface area contributed by atoms with Crippen molar-refractivity contribution in [2.75, 3.05) is 13.2 Å². The molecule has 30 heavy (non-hydrogen) atoms. The van der Waals surface area contributed by atoms with Gasteiger partial charge in [-0.15, -0.1) is 0 Å². The van der Waals surface area contributed by atoms with Crippen LogP contribution in [0.1, 0.15) is 49.9 Å². The van der Waals surface area contributed by atoms with Crippen molar-refractivity contribution in [1.82, 2.24) is 0 Å². The number of hydrogen-bond donors (Lipinski definition) is 0. The molecule has 1 aromatic rings. The summed E-state index contributed by atoms with van der Waals surface area (Å²) < 4.78 is 17.1. The van der Waals surface area contributed by atoms with Crippen molar-refractivity contribution in [3.63, 3.8) is 0 Å². The summed E-state index contributed by atoms with van der Waals surface area (Å²) >= 11 is 0. The highest BCUT2D eigenvalue weighted by Crippen LogP contribution is 2.61. The number of hydrogen-bond acceptors (Lipinski definition) is 6. The van der Waals surface area contributed by atoms with Gasteiger partial charge in [0.05, 0.1) is 24.9 Å². The van der Waals surface area contributed by atoms with Gasteiger partial charge < -0.3 is 14.2 Å². The maximum Gasteiger partial charge on any atom is 0.323 e. The number of ketones is 1. The first kappa shape index (κ1) is 20.8. The lowest BCUT2D eigenvalue weighted by Gasteiger charge is -2.50. The molecular weight excluding hydrogens is 384 g/mol. The van der Waals surface area contributed by atoms with Gasteiger partial charge in [0.1, 0.15) is 0 Å². The average Bonchev–Trinajstić information content (AvgIpc) is 3.33. The molecule has 1 saturated carbocycles. The van der Waals surface area contributed by atoms with Crippen molar-refractivity contribution in [1.29, 1.82) is 0 Å². The third-order valence-corrected chi connectivity index (χ3v) is 6.87. The topological polar surface area (TPSA) is 78.9 Å². The first-order valence-corrected chi connectivity index (χ1v) is 10.8. The number of rotatable bonds is 7. The Morgan fingerprint density at radius 2 is 1.73 bits per heavy atom. The summed E-state index contributed by atoms with van der Waals surface area (Å²) in [5.74, 6) is -1.87. The Bertz CT molecular complexity index is 842. The number of benzene rings is 1. The van der Waals surface area contributed by atoms with Gasteiger partial charge >= 0.3 is 11.9 Å². The minimum atomic E-state index is -1.56. The van der Waals surface area contributed by atoms with Crippen LogP contribution in [0.15, 0.2) is 42.5 Å². The summed E-state index contributed by atoms with van der Waals surface area (Å²) in [5.41, 5.74) is -1.84. The molecule has 6 heteroatoms. The zero-order chi connectivity index (χ0) is 21.4. The first-order valence-electron chi connectivity index (χ1n) is 10.8. The molecule has 2 bridgehead atoms. The van der Waals surface area contributed by atoms with Crippen LogP contribution in [0, 0.1) is 17.3 Å². The van der Waals surface area contributed by atoms with E-state index in [1.54, 1.807) is 38.1 Å². The molecule has 6 nitrogen and oxygen atoms in total. The van der Waals surface area contributed by atoms with Crippen molar-refractivity contribution in [3.05, 3.63) is 48.0 Å². The van der Waals surface area contributed by atoms with Crippen LogP contribution in [0.4, 0.5) is 0 Å². The minimum Gasteiger partial charge on any atom is -0.465 e. The summed E-state index contributed by atoms with van der Waals surface area (Å²) in [7, 11) is 0. The molecule has 160 valence electrons. The highest BCUT2D eigenvalue weighted by molar-refractivity contribution is 6.03. The number of fused-ring (bicyclic) bond motifs is 1. The lowest BCUT2D eigenvalue weighted by Crippen LogP contribution is -2.61. The lowest BCUT2D eigenvalue weighted by molar-refractivity contribution is -0.194. The maximum atomic E-state index is 13.3. The average molecular weight is 412 g/mol. The van der Waals surface area contributed by atoms with Crippen LogP contribution in [0.5, 0.6) is 0 Å². The molecule has 0 aromatic heterocycles. The molecule has 0 radical (unpaired) electrons. The number of esters is 2. The molecule has 0 N–H and O–H groups in total. The molecule has 1 spiro atoms. The van der Waals surface area contributed by atoms with Gasteiger partial charge in [-0.05, 0) is 39.0 Å². The quantitative estimate of drug-likeness (QED) is 0.295. The molecule has 1 aromatic carbocycles. The molecule has 4 rings (SSSR count). The summed E-state index contributed by atoms with van der Waals surface area (Å²) in [6.07, 6.45) is 5.72. The third kappa shape index (κ3) is 3.09. The second-order valence-electron chi connectivity index (χ2n) is 8.30. The Hall–Kier alpha value is -2.47. The number of carbonyl (C=O) groups is 3. The molecule has 4 atom stereocenters. The first-order chi connectivity index (χ1) is 14.5. The van der Waals surface area contributed by atoms with E-state index in [2.05, 4.69) is 0 Å². The zero-order valence-corrected chi connectivity index (χ0v) is 17.5. The van der Waals surface area contributed by atoms with Gasteiger partial charge in [0.2, 0.25) is 0 Å². The van der Waals surface area contributed by atoms with Gasteiger partial charge in [-0.3, -0.25) is 14.4 Å². The van der Waals surface area contributed by atoms with Crippen LogP contribution >= 0.6 is 0 Å². The SMILES string of the molecule is CCOC(=O)C1(C(=O)OCC)CC[C@@H]2C[C@H]3C=C[C@@]2(O3)[C@@H]1CC(=O)c1ccccc1. The Morgan fingerprint density at radius 1 is 1.07 bits per heavy atom. The van der Waals surface area contributed by atoms with Crippen molar-refractivity contribution in [3.8, 4) is 0 Å². The van der Waals surface area contributed by atoms with E-state index in [1.807, 2.05) is 18.2 Å². The predicted octanol–water partition coefficient (Wildman–Crippen LogP) is 3.50. The van der Waals surface area contributed by atoms with Gasteiger partial charge in [0.25, 0.3) is 0 Å². The number of carbonyl (C=O) groups excluding carboxylic acids is 3. The lowest BCUT2D eigenvalue weighted by atomic mass is 9.53. The minimum absolute atomic E-state index is 0.00913. The van der Waals surface area contributed by atoms with Crippen molar-refractivity contribution in [2.45, 2.75) is 51.2 Å². The Morgan fingerprint density at radius 3 is 2.33 bits per heavy atom. The Balaban J connectivity index is 1.80. The van der Waals surface area contributed by atoms with Crippen LogP contribution in [-0.2, 0) is 23.8 Å². The van der Waals surface area contributed by atoms with Crippen LogP contribution in [0.2, 0.25) is 0 Å². The van der Waals surface area contributed by atoms with Crippen LogP contribution in [0.3, 0.4) is 0 Å². The van der Waals surface area contributed by atoms with Gasteiger partial charge in [-0.25, -0.2) is 0 Å². The fourth-order valence-electron chi connectivity index (χ4n) is 5.56. The molecule has 0 unspecified atom stereocenters. The Labute approximate surface area is 176 Å². The van der Waals surface area contributed by atoms with E-state index >= 15 is 0 Å². The van der Waals surface area contributed by atoms with Gasteiger partial charge in [0, 0.05) is 17.9 Å². The Kier molecular flexibility index (Phi) is 5.53. The predicted molar refractivity (Wildman–Crippen MR) is 109 cm³/mol. The van der Waals surface area contributed by atoms with E-state index in [0.29, 0.717) is 18.4 Å². The van der Waals surface area contributed by atoms with Gasteiger partial charge in [0.15, 0.2) is 11.2 Å². The van der Waals surface area contributed by atoms with E-state index in [4.69, 9.17) is 14.2 Å². The monoisotopic (exact) mass is 412 g/mol. The zero-order valence-electron chi connectivity index (χ0n) is 17.5. The fourth-order valence-corrected chi connectivity index (χ4v) is 5.56. The van der Waals surface area contributed by atoms with E-state index < -0.39 is 28.9 Å². The molecule has 0 amide bonds. The summed E-state index contributed by atoms with van der Waals surface area (Å²) in [6, 6.07) is 8.95. The molecule has 1 aliphatic carbocycles. The van der Waals surface area contributed by atoms with Crippen LogP contribution < -0.4 is 0 Å². The molecule has 2 aliphatic heterocycles. The van der Waals surface area contributed by atoms with Crippen molar-refractivity contribution < 1.29 is 28.6 Å². The molecule has 2 heterocycles. The smallest absolute Gasteiger partial charge is 0.323 e. The van der Waals surface area contributed by atoms with Gasteiger partial charge in [-0.1, -0.05) is 42.5 Å².